The molecule has 0 radical (unpaired) electrons. The van der Waals surface area contributed by atoms with Crippen molar-refractivity contribution in [3.8, 4) is 11.4 Å². The molecule has 4 rings (SSSR count). The van der Waals surface area contributed by atoms with E-state index in [1.165, 1.54) is 11.3 Å². The van der Waals surface area contributed by atoms with Crippen molar-refractivity contribution in [2.45, 2.75) is 33.2 Å². The molecular weight excluding hydrogens is 410 g/mol. The quantitative estimate of drug-likeness (QED) is 0.403. The van der Waals surface area contributed by atoms with Crippen molar-refractivity contribution >= 4 is 56.0 Å². The van der Waals surface area contributed by atoms with Gasteiger partial charge in [0.05, 0.1) is 16.8 Å². The number of hydrogen-bond acceptors (Lipinski definition) is 6. The lowest BCUT2D eigenvalue weighted by Crippen LogP contribution is -2.36. The Morgan fingerprint density at radius 1 is 1.34 bits per heavy atom. The zero-order valence-electron chi connectivity index (χ0n) is 16.2. The average Bonchev–Trinajstić information content (AvgIpc) is 3.26. The third-order valence-electron chi connectivity index (χ3n) is 4.80. The molecule has 4 heterocycles. The van der Waals surface area contributed by atoms with E-state index < -0.39 is 5.97 Å². The number of thiophene rings is 1. The zero-order valence-corrected chi connectivity index (χ0v) is 17.7. The summed E-state index contributed by atoms with van der Waals surface area (Å²) in [5, 5.41) is 16.9. The van der Waals surface area contributed by atoms with Crippen molar-refractivity contribution in [2.24, 2.45) is 5.41 Å². The molecule has 0 unspecified atom stereocenters. The Kier molecular flexibility index (Phi) is 4.92. The predicted octanol–water partition coefficient (Wildman–Crippen LogP) is 5.19. The third kappa shape index (κ3) is 3.90. The summed E-state index contributed by atoms with van der Waals surface area (Å²) in [4.78, 5) is 29.1. The fourth-order valence-corrected chi connectivity index (χ4v) is 4.08. The average molecular weight is 430 g/mol. The number of hydrogen-bond donors (Lipinski definition) is 3. The number of nitrogens with zero attached hydrogens (tertiary/aromatic N) is 3. The molecule has 0 aliphatic carbocycles. The molecule has 150 valence electrons. The first-order valence-electron chi connectivity index (χ1n) is 9.09. The van der Waals surface area contributed by atoms with Crippen LogP contribution in [0.3, 0.4) is 0 Å². The van der Waals surface area contributed by atoms with Crippen molar-refractivity contribution in [1.29, 1.82) is 0 Å². The molecule has 0 spiro atoms. The largest absolute Gasteiger partial charge is 0.481 e. The Morgan fingerprint density at radius 2 is 2.14 bits per heavy atom. The van der Waals surface area contributed by atoms with Crippen LogP contribution in [0.5, 0.6) is 0 Å². The lowest BCUT2D eigenvalue weighted by atomic mass is 9.84. The van der Waals surface area contributed by atoms with E-state index in [2.05, 4.69) is 15.3 Å². The number of carboxylic acid groups (broad SMARTS) is 1. The summed E-state index contributed by atoms with van der Waals surface area (Å²) >= 11 is 7.64. The van der Waals surface area contributed by atoms with Gasteiger partial charge in [-0.05, 0) is 22.9 Å². The third-order valence-corrected chi connectivity index (χ3v) is 5.81. The molecule has 0 fully saturated rings. The van der Waals surface area contributed by atoms with Crippen LogP contribution in [0, 0.1) is 5.41 Å². The molecule has 0 aromatic carbocycles. The second kappa shape index (κ2) is 7.27. The molecule has 3 N–H and O–H groups in total. The number of halogens is 1. The van der Waals surface area contributed by atoms with Gasteiger partial charge in [0.15, 0.2) is 5.82 Å². The summed E-state index contributed by atoms with van der Waals surface area (Å²) in [5.74, 6) is 0.295. The molecule has 9 heteroatoms. The Hall–Kier alpha value is -2.71. The van der Waals surface area contributed by atoms with Crippen molar-refractivity contribution in [3.63, 3.8) is 0 Å². The highest BCUT2D eigenvalue weighted by atomic mass is 35.5. The van der Waals surface area contributed by atoms with Crippen LogP contribution in [-0.4, -0.2) is 37.1 Å². The van der Waals surface area contributed by atoms with E-state index in [1.54, 1.807) is 6.20 Å². The van der Waals surface area contributed by atoms with Crippen LogP contribution in [0.15, 0.2) is 29.9 Å². The number of anilines is 1. The molecule has 0 aliphatic rings. The highest BCUT2D eigenvalue weighted by Crippen LogP contribution is 2.34. The van der Waals surface area contributed by atoms with Crippen molar-refractivity contribution < 1.29 is 9.90 Å². The number of pyridine rings is 1. The first kappa shape index (κ1) is 19.6. The summed E-state index contributed by atoms with van der Waals surface area (Å²) in [5.41, 5.74) is 1.22. The fourth-order valence-electron chi connectivity index (χ4n) is 3.16. The number of H-pyrrole nitrogens is 1. The van der Waals surface area contributed by atoms with Gasteiger partial charge in [-0.25, -0.2) is 15.0 Å². The second-order valence-electron chi connectivity index (χ2n) is 7.95. The minimum absolute atomic E-state index is 0.0128. The molecule has 1 atom stereocenters. The number of fused-ring (bicyclic) bond motifs is 2. The monoisotopic (exact) mass is 429 g/mol. The molecule has 29 heavy (non-hydrogen) atoms. The van der Waals surface area contributed by atoms with Crippen LogP contribution in [0.4, 0.5) is 5.82 Å². The van der Waals surface area contributed by atoms with Gasteiger partial charge in [-0.3, -0.25) is 4.79 Å². The molecule has 4 aromatic rings. The topological polar surface area (TPSA) is 104 Å². The summed E-state index contributed by atoms with van der Waals surface area (Å²) in [6.07, 6.45) is 3.38. The number of carboxylic acids is 1. The van der Waals surface area contributed by atoms with Crippen LogP contribution in [0.25, 0.3) is 32.6 Å². The summed E-state index contributed by atoms with van der Waals surface area (Å²) in [6.45, 7) is 6.02. The lowest BCUT2D eigenvalue weighted by molar-refractivity contribution is -0.137. The van der Waals surface area contributed by atoms with Crippen LogP contribution >= 0.6 is 22.9 Å². The maximum atomic E-state index is 11.4. The molecule has 7 nitrogen and oxygen atoms in total. The minimum Gasteiger partial charge on any atom is -0.481 e. The number of aromatic amines is 1. The molecular formula is C20H20ClN5O2S. The first-order chi connectivity index (χ1) is 13.7. The normalized spacial score (nSPS) is 13.1. The zero-order chi connectivity index (χ0) is 20.8. The van der Waals surface area contributed by atoms with Gasteiger partial charge in [0.25, 0.3) is 0 Å². The van der Waals surface area contributed by atoms with Gasteiger partial charge < -0.3 is 15.4 Å². The standard InChI is InChI=1S/C20H20ClN5O2S/c1-20(2,3)14(7-15(27)28)24-17-11-4-5-29-19(11)26-18(25-17)13-9-23-16-12(13)6-10(21)8-22-16/h4-6,8-9,14H,7H2,1-3H3,(H,22,23)(H,27,28)(H,24,25,26)/t14-/m1/s1. The Morgan fingerprint density at radius 3 is 2.86 bits per heavy atom. The molecule has 0 saturated carbocycles. The highest BCUT2D eigenvalue weighted by molar-refractivity contribution is 7.16. The van der Waals surface area contributed by atoms with Gasteiger partial charge in [-0.15, -0.1) is 11.3 Å². The summed E-state index contributed by atoms with van der Waals surface area (Å²) in [6, 6.07) is 3.47. The molecule has 0 aliphatic heterocycles. The minimum atomic E-state index is -0.856. The van der Waals surface area contributed by atoms with E-state index in [-0.39, 0.29) is 17.9 Å². The smallest absolute Gasteiger partial charge is 0.305 e. The maximum absolute atomic E-state index is 11.4. The maximum Gasteiger partial charge on any atom is 0.305 e. The van der Waals surface area contributed by atoms with E-state index in [0.29, 0.717) is 22.3 Å². The van der Waals surface area contributed by atoms with Gasteiger partial charge in [0.2, 0.25) is 0 Å². The van der Waals surface area contributed by atoms with E-state index in [4.69, 9.17) is 21.6 Å². The van der Waals surface area contributed by atoms with Gasteiger partial charge >= 0.3 is 5.97 Å². The van der Waals surface area contributed by atoms with Gasteiger partial charge in [0, 0.05) is 29.4 Å². The van der Waals surface area contributed by atoms with Crippen LogP contribution in [-0.2, 0) is 4.79 Å². The van der Waals surface area contributed by atoms with E-state index in [1.807, 2.05) is 44.5 Å². The number of aliphatic carboxylic acids is 1. The van der Waals surface area contributed by atoms with Crippen LogP contribution in [0.2, 0.25) is 5.02 Å². The van der Waals surface area contributed by atoms with Gasteiger partial charge in [-0.2, -0.15) is 0 Å². The molecule has 0 saturated heterocycles. The van der Waals surface area contributed by atoms with Gasteiger partial charge in [-0.1, -0.05) is 32.4 Å². The van der Waals surface area contributed by atoms with Crippen LogP contribution < -0.4 is 5.32 Å². The van der Waals surface area contributed by atoms with E-state index in [9.17, 15) is 9.90 Å². The number of nitrogens with one attached hydrogen (secondary N) is 2. The SMILES string of the molecule is CC(C)(C)[C@@H](CC(=O)O)Nc1nc(-c2c[nH]c3ncc(Cl)cc23)nc2sccc12. The molecule has 4 aromatic heterocycles. The van der Waals surface area contributed by atoms with Crippen LogP contribution in [0.1, 0.15) is 27.2 Å². The fraction of sp³-hybridized carbons (Fsp3) is 0.300. The summed E-state index contributed by atoms with van der Waals surface area (Å²) < 4.78 is 0. The van der Waals surface area contributed by atoms with E-state index >= 15 is 0 Å². The molecule has 0 amide bonds. The van der Waals surface area contributed by atoms with Crippen molar-refractivity contribution in [2.75, 3.05) is 5.32 Å². The van der Waals surface area contributed by atoms with Crippen molar-refractivity contribution in [1.82, 2.24) is 19.9 Å². The van der Waals surface area contributed by atoms with Crippen molar-refractivity contribution in [3.05, 3.63) is 34.9 Å². The number of rotatable bonds is 5. The Bertz CT molecular complexity index is 1210. The van der Waals surface area contributed by atoms with E-state index in [0.717, 1.165) is 21.2 Å². The summed E-state index contributed by atoms with van der Waals surface area (Å²) in [7, 11) is 0. The lowest BCUT2D eigenvalue weighted by Gasteiger charge is -2.31. The van der Waals surface area contributed by atoms with Gasteiger partial charge in [0.1, 0.15) is 16.3 Å². The Balaban J connectivity index is 1.84. The first-order valence-corrected chi connectivity index (χ1v) is 10.3. The highest BCUT2D eigenvalue weighted by Gasteiger charge is 2.28. The number of carbonyl (C=O) groups is 1. The molecule has 0 bridgehead atoms. The second-order valence-corrected chi connectivity index (χ2v) is 9.28. The predicted molar refractivity (Wildman–Crippen MR) is 117 cm³/mol. The number of aromatic nitrogens is 4. The Labute approximate surface area is 176 Å².